The Kier molecular flexibility index (Phi) is 3.09. The maximum absolute atomic E-state index is 10.9. The number of carbonyl (C=O) groups excluding carboxylic acids is 1. The molecule has 0 aromatic heterocycles. The fourth-order valence-corrected chi connectivity index (χ4v) is 1.30. The number of cyclic esters (lactones) is 1. The third kappa shape index (κ3) is 1.58. The van der Waals surface area contributed by atoms with Gasteiger partial charge in [-0.1, -0.05) is 26.0 Å². The Morgan fingerprint density at radius 2 is 1.92 bits per heavy atom. The Morgan fingerprint density at radius 3 is 2.58 bits per heavy atom. The lowest BCUT2D eigenvalue weighted by Crippen LogP contribution is -1.96. The molecule has 0 amide bonds. The van der Waals surface area contributed by atoms with Crippen LogP contribution < -0.4 is 0 Å². The van der Waals surface area contributed by atoms with Gasteiger partial charge in [0.2, 0.25) is 0 Å². The number of carbonyl (C=O) groups is 1. The van der Waals surface area contributed by atoms with Gasteiger partial charge in [-0.25, -0.2) is 4.79 Å². The van der Waals surface area contributed by atoms with Crippen LogP contribution in [-0.4, -0.2) is 12.6 Å². The molecule has 2 nitrogen and oxygen atoms in total. The van der Waals surface area contributed by atoms with Crippen LogP contribution in [0.25, 0.3) is 0 Å². The Bertz CT molecular complexity index is 236. The van der Waals surface area contributed by atoms with Crippen molar-refractivity contribution in [2.45, 2.75) is 26.7 Å². The highest BCUT2D eigenvalue weighted by molar-refractivity contribution is 5.96. The van der Waals surface area contributed by atoms with Crippen molar-refractivity contribution in [2.24, 2.45) is 0 Å². The first-order valence-electron chi connectivity index (χ1n) is 4.44. The molecule has 1 heterocycles. The largest absolute Gasteiger partial charge is 0.457 e. The summed E-state index contributed by atoms with van der Waals surface area (Å²) in [6.07, 6.45) is 6.08. The van der Waals surface area contributed by atoms with Gasteiger partial charge in [-0.05, 0) is 18.4 Å². The van der Waals surface area contributed by atoms with E-state index in [1.165, 1.54) is 0 Å². The van der Waals surface area contributed by atoms with Crippen LogP contribution in [0.3, 0.4) is 0 Å². The Labute approximate surface area is 72.9 Å². The molecule has 1 saturated heterocycles. The van der Waals surface area contributed by atoms with Gasteiger partial charge in [-0.3, -0.25) is 0 Å². The number of allylic oxidation sites excluding steroid dienone is 2. The Morgan fingerprint density at radius 1 is 1.25 bits per heavy atom. The van der Waals surface area contributed by atoms with Gasteiger partial charge in [0, 0.05) is 0 Å². The van der Waals surface area contributed by atoms with Crippen LogP contribution in [0.2, 0.25) is 0 Å². The van der Waals surface area contributed by atoms with Crippen molar-refractivity contribution in [3.05, 3.63) is 23.3 Å². The van der Waals surface area contributed by atoms with Gasteiger partial charge < -0.3 is 4.74 Å². The summed E-state index contributed by atoms with van der Waals surface area (Å²) >= 11 is 0. The third-order valence-corrected chi connectivity index (χ3v) is 1.83. The lowest BCUT2D eigenvalue weighted by molar-refractivity contribution is -0.135. The first kappa shape index (κ1) is 9.04. The highest BCUT2D eigenvalue weighted by atomic mass is 16.5. The van der Waals surface area contributed by atoms with Crippen molar-refractivity contribution in [1.82, 2.24) is 0 Å². The fourth-order valence-electron chi connectivity index (χ4n) is 1.30. The van der Waals surface area contributed by atoms with Gasteiger partial charge in [0.25, 0.3) is 0 Å². The molecule has 0 spiro atoms. The number of hydrogen-bond acceptors (Lipinski definition) is 2. The SMILES string of the molecule is CC.O=C1OCC2=CCCC=C12. The molecule has 0 atom stereocenters. The molecule has 0 saturated carbocycles. The van der Waals surface area contributed by atoms with Crippen LogP contribution in [0.5, 0.6) is 0 Å². The molecule has 0 aromatic carbocycles. The van der Waals surface area contributed by atoms with Gasteiger partial charge in [-0.2, -0.15) is 0 Å². The zero-order valence-corrected chi connectivity index (χ0v) is 7.59. The maximum Gasteiger partial charge on any atom is 0.338 e. The number of hydrogen-bond donors (Lipinski definition) is 0. The van der Waals surface area contributed by atoms with E-state index in [1.54, 1.807) is 0 Å². The van der Waals surface area contributed by atoms with Crippen LogP contribution in [-0.2, 0) is 9.53 Å². The second kappa shape index (κ2) is 4.10. The summed E-state index contributed by atoms with van der Waals surface area (Å²) in [5.41, 5.74) is 1.88. The number of ether oxygens (including phenoxy) is 1. The molecule has 0 N–H and O–H groups in total. The number of fused-ring (bicyclic) bond motifs is 1. The molecule has 66 valence electrons. The molecule has 2 aliphatic rings. The summed E-state index contributed by atoms with van der Waals surface area (Å²) in [5.74, 6) is -0.147. The molecule has 1 fully saturated rings. The lowest BCUT2D eigenvalue weighted by Gasteiger charge is -2.00. The molecule has 0 unspecified atom stereocenters. The second-order valence-corrected chi connectivity index (χ2v) is 2.50. The minimum absolute atomic E-state index is 0.147. The lowest BCUT2D eigenvalue weighted by atomic mass is 10.0. The summed E-state index contributed by atoms with van der Waals surface area (Å²) in [5, 5.41) is 0. The Hall–Kier alpha value is -1.05. The highest BCUT2D eigenvalue weighted by Gasteiger charge is 2.24. The summed E-state index contributed by atoms with van der Waals surface area (Å²) in [6, 6.07) is 0. The van der Waals surface area contributed by atoms with Gasteiger partial charge >= 0.3 is 5.97 Å². The monoisotopic (exact) mass is 166 g/mol. The minimum Gasteiger partial charge on any atom is -0.457 e. The van der Waals surface area contributed by atoms with Gasteiger partial charge in [0.05, 0.1) is 5.57 Å². The van der Waals surface area contributed by atoms with Gasteiger partial charge in [-0.15, -0.1) is 0 Å². The van der Waals surface area contributed by atoms with Crippen molar-refractivity contribution in [2.75, 3.05) is 6.61 Å². The van der Waals surface area contributed by atoms with E-state index in [4.69, 9.17) is 4.74 Å². The molecule has 1 aliphatic carbocycles. The van der Waals surface area contributed by atoms with Crippen molar-refractivity contribution < 1.29 is 9.53 Å². The summed E-state index contributed by atoms with van der Waals surface area (Å²) in [7, 11) is 0. The van der Waals surface area contributed by atoms with Crippen molar-refractivity contribution >= 4 is 5.97 Å². The molecule has 0 aromatic rings. The van der Waals surface area contributed by atoms with Gasteiger partial charge in [0.1, 0.15) is 6.61 Å². The van der Waals surface area contributed by atoms with Crippen molar-refractivity contribution in [3.63, 3.8) is 0 Å². The van der Waals surface area contributed by atoms with Crippen molar-refractivity contribution in [1.29, 1.82) is 0 Å². The van der Waals surface area contributed by atoms with Crippen molar-refractivity contribution in [3.8, 4) is 0 Å². The Balaban J connectivity index is 0.000000336. The van der Waals surface area contributed by atoms with E-state index in [0.29, 0.717) is 6.61 Å². The average molecular weight is 166 g/mol. The molecular formula is C10H14O2. The molecule has 2 heteroatoms. The van der Waals surface area contributed by atoms with E-state index in [1.807, 2.05) is 19.9 Å². The first-order chi connectivity index (χ1) is 5.88. The predicted octanol–water partition coefficient (Wildman–Crippen LogP) is 2.22. The van der Waals surface area contributed by atoms with E-state index in [9.17, 15) is 4.79 Å². The van der Waals surface area contributed by atoms with E-state index in [2.05, 4.69) is 6.08 Å². The number of esters is 1. The van der Waals surface area contributed by atoms with Crippen LogP contribution in [0, 0.1) is 0 Å². The van der Waals surface area contributed by atoms with Crippen LogP contribution in [0.15, 0.2) is 23.3 Å². The summed E-state index contributed by atoms with van der Waals surface area (Å²) in [6.45, 7) is 4.49. The molecule has 12 heavy (non-hydrogen) atoms. The topological polar surface area (TPSA) is 26.3 Å². The maximum atomic E-state index is 10.9. The van der Waals surface area contributed by atoms with Crippen LogP contribution in [0.4, 0.5) is 0 Å². The van der Waals surface area contributed by atoms with E-state index >= 15 is 0 Å². The zero-order valence-electron chi connectivity index (χ0n) is 7.59. The average Bonchev–Trinajstić information content (AvgIpc) is 2.53. The standard InChI is InChI=1S/C8H8O2.C2H6/c9-8-7-4-2-1-3-6(7)5-10-8;1-2/h3-4H,1-2,5H2;1-2H3. The van der Waals surface area contributed by atoms with Crippen LogP contribution >= 0.6 is 0 Å². The molecule has 1 aliphatic heterocycles. The predicted molar refractivity (Wildman–Crippen MR) is 47.7 cm³/mol. The van der Waals surface area contributed by atoms with Crippen LogP contribution in [0.1, 0.15) is 26.7 Å². The summed E-state index contributed by atoms with van der Waals surface area (Å²) < 4.78 is 4.82. The molecule has 0 bridgehead atoms. The fraction of sp³-hybridized carbons (Fsp3) is 0.500. The van der Waals surface area contributed by atoms with E-state index in [0.717, 1.165) is 24.0 Å². The number of rotatable bonds is 0. The summed E-state index contributed by atoms with van der Waals surface area (Å²) in [4.78, 5) is 10.9. The van der Waals surface area contributed by atoms with E-state index in [-0.39, 0.29) is 5.97 Å². The van der Waals surface area contributed by atoms with Gasteiger partial charge in [0.15, 0.2) is 0 Å². The third-order valence-electron chi connectivity index (χ3n) is 1.83. The smallest absolute Gasteiger partial charge is 0.338 e. The zero-order chi connectivity index (χ0) is 8.97. The van der Waals surface area contributed by atoms with E-state index < -0.39 is 0 Å². The first-order valence-corrected chi connectivity index (χ1v) is 4.44. The quantitative estimate of drug-likeness (QED) is 0.516. The molecule has 0 radical (unpaired) electrons. The second-order valence-electron chi connectivity index (χ2n) is 2.50. The molecule has 2 rings (SSSR count). The highest BCUT2D eigenvalue weighted by Crippen LogP contribution is 2.25. The molecular weight excluding hydrogens is 152 g/mol. The normalized spacial score (nSPS) is 19.7. The minimum atomic E-state index is -0.147.